The molecule has 10 aromatic rings. The standard InChI is InChI=1S/C48H31NO/c1-4-15-39-32(10-1)13-7-18-40(39)35-22-27-37(28-23-35)49(45-20-8-14-33-11-2-5-16-41(33)45)38-29-24-36(25-30-38)42-19-9-21-46-47(42)44-31-26-34-12-3-6-17-43(34)48(44)50-46/h1-31H/i2D,5D,8D,11D,14D,16D,20D. The summed E-state index contributed by atoms with van der Waals surface area (Å²) < 4.78 is 68.1. The van der Waals surface area contributed by atoms with Crippen molar-refractivity contribution in [1.82, 2.24) is 0 Å². The van der Waals surface area contributed by atoms with Crippen molar-refractivity contribution in [2.45, 2.75) is 0 Å². The van der Waals surface area contributed by atoms with Gasteiger partial charge in [0.05, 0.1) is 15.3 Å². The molecule has 9 aromatic carbocycles. The number of hydrogen-bond acceptors (Lipinski definition) is 2. The lowest BCUT2D eigenvalue weighted by molar-refractivity contribution is 0.673. The van der Waals surface area contributed by atoms with Gasteiger partial charge in [-0.15, -0.1) is 0 Å². The van der Waals surface area contributed by atoms with E-state index in [0.717, 1.165) is 65.7 Å². The highest BCUT2D eigenvalue weighted by atomic mass is 16.3. The number of furan rings is 1. The number of nitrogens with zero attached hydrogens (tertiary/aromatic N) is 1. The smallest absolute Gasteiger partial charge is 0.143 e. The van der Waals surface area contributed by atoms with E-state index in [9.17, 15) is 1.37 Å². The molecule has 0 unspecified atom stereocenters. The summed E-state index contributed by atoms with van der Waals surface area (Å²) in [6.45, 7) is 0. The third kappa shape index (κ3) is 4.57. The van der Waals surface area contributed by atoms with Gasteiger partial charge < -0.3 is 9.32 Å². The lowest BCUT2D eigenvalue weighted by Crippen LogP contribution is -2.10. The molecule has 0 bridgehead atoms. The normalized spacial score (nSPS) is 13.6. The zero-order chi connectivity index (χ0) is 39.1. The van der Waals surface area contributed by atoms with Crippen molar-refractivity contribution in [2.75, 3.05) is 4.90 Å². The van der Waals surface area contributed by atoms with Gasteiger partial charge in [-0.1, -0.05) is 145 Å². The van der Waals surface area contributed by atoms with Crippen LogP contribution < -0.4 is 4.90 Å². The van der Waals surface area contributed by atoms with E-state index < -0.39 is 30.2 Å². The van der Waals surface area contributed by atoms with Crippen LogP contribution in [0.15, 0.2) is 192 Å². The average Bonchev–Trinajstić information content (AvgIpc) is 3.65. The van der Waals surface area contributed by atoms with Crippen LogP contribution in [0.5, 0.6) is 0 Å². The Morgan fingerprint density at radius 2 is 1.04 bits per heavy atom. The van der Waals surface area contributed by atoms with Gasteiger partial charge in [-0.2, -0.15) is 0 Å². The first-order chi connectivity index (χ1) is 27.7. The fraction of sp³-hybridized carbons (Fsp3) is 0. The highest BCUT2D eigenvalue weighted by molar-refractivity contribution is 6.19. The zero-order valence-electron chi connectivity index (χ0n) is 33.7. The van der Waals surface area contributed by atoms with E-state index in [1.54, 1.807) is 4.90 Å². The highest BCUT2D eigenvalue weighted by Gasteiger charge is 2.18. The molecule has 234 valence electrons. The molecule has 2 nitrogen and oxygen atoms in total. The van der Waals surface area contributed by atoms with E-state index >= 15 is 0 Å². The maximum absolute atomic E-state index is 9.28. The summed E-state index contributed by atoms with van der Waals surface area (Å²) in [5.74, 6) is 0. The summed E-state index contributed by atoms with van der Waals surface area (Å²) in [7, 11) is 0. The quantitative estimate of drug-likeness (QED) is 0.185. The molecular weight excluding hydrogens is 607 g/mol. The Bertz CT molecular complexity index is 3250. The Morgan fingerprint density at radius 3 is 1.84 bits per heavy atom. The number of benzene rings is 9. The van der Waals surface area contributed by atoms with Gasteiger partial charge in [-0.25, -0.2) is 0 Å². The van der Waals surface area contributed by atoms with Crippen LogP contribution in [-0.4, -0.2) is 0 Å². The molecule has 1 heterocycles. The van der Waals surface area contributed by atoms with Crippen molar-refractivity contribution < 1.29 is 14.0 Å². The van der Waals surface area contributed by atoms with Gasteiger partial charge in [0, 0.05) is 32.9 Å². The lowest BCUT2D eigenvalue weighted by Gasteiger charge is -2.27. The van der Waals surface area contributed by atoms with Crippen LogP contribution in [0.4, 0.5) is 17.1 Å². The van der Waals surface area contributed by atoms with E-state index in [1.807, 2.05) is 91.0 Å². The van der Waals surface area contributed by atoms with Crippen molar-refractivity contribution in [3.8, 4) is 22.3 Å². The minimum Gasteiger partial charge on any atom is -0.455 e. The van der Waals surface area contributed by atoms with Crippen LogP contribution >= 0.6 is 0 Å². The first-order valence-corrected chi connectivity index (χ1v) is 16.5. The maximum atomic E-state index is 9.28. The van der Waals surface area contributed by atoms with Crippen LogP contribution in [0.2, 0.25) is 0 Å². The van der Waals surface area contributed by atoms with E-state index in [1.165, 1.54) is 0 Å². The van der Waals surface area contributed by atoms with Gasteiger partial charge in [0.15, 0.2) is 0 Å². The van der Waals surface area contributed by atoms with Crippen molar-refractivity contribution in [2.24, 2.45) is 0 Å². The summed E-state index contributed by atoms with van der Waals surface area (Å²) in [4.78, 5) is 1.76. The second-order valence-corrected chi connectivity index (χ2v) is 12.4. The minimum absolute atomic E-state index is 0.0102. The molecule has 0 N–H and O–H groups in total. The molecule has 0 fully saturated rings. The Kier molecular flexibility index (Phi) is 5.08. The van der Waals surface area contributed by atoms with Crippen LogP contribution in [0.1, 0.15) is 9.60 Å². The largest absolute Gasteiger partial charge is 0.455 e. The predicted molar refractivity (Wildman–Crippen MR) is 212 cm³/mol. The Morgan fingerprint density at radius 1 is 0.420 bits per heavy atom. The maximum Gasteiger partial charge on any atom is 0.143 e. The third-order valence-electron chi connectivity index (χ3n) is 9.57. The van der Waals surface area contributed by atoms with Crippen LogP contribution in [-0.2, 0) is 0 Å². The molecule has 0 amide bonds. The first kappa shape index (κ1) is 22.1. The van der Waals surface area contributed by atoms with E-state index in [0.29, 0.717) is 11.4 Å². The molecule has 0 radical (unpaired) electrons. The van der Waals surface area contributed by atoms with E-state index in [4.69, 9.17) is 12.6 Å². The Balaban J connectivity index is 1.18. The van der Waals surface area contributed by atoms with E-state index in [2.05, 4.69) is 54.6 Å². The van der Waals surface area contributed by atoms with Crippen LogP contribution in [0.25, 0.3) is 76.5 Å². The number of fused-ring (bicyclic) bond motifs is 7. The molecule has 2 heteroatoms. The van der Waals surface area contributed by atoms with Crippen LogP contribution in [0.3, 0.4) is 0 Å². The molecule has 0 aliphatic heterocycles. The molecule has 0 aliphatic rings. The van der Waals surface area contributed by atoms with E-state index in [-0.39, 0.29) is 28.5 Å². The van der Waals surface area contributed by atoms with Gasteiger partial charge in [-0.05, 0) is 86.2 Å². The Labute approximate surface area is 299 Å². The fourth-order valence-corrected chi connectivity index (χ4v) is 7.23. The monoisotopic (exact) mass is 644 g/mol. The fourth-order valence-electron chi connectivity index (χ4n) is 7.23. The van der Waals surface area contributed by atoms with Crippen LogP contribution in [0, 0.1) is 0 Å². The molecule has 50 heavy (non-hydrogen) atoms. The zero-order valence-corrected chi connectivity index (χ0v) is 26.7. The number of anilines is 3. The molecular formula is C48H31NO. The molecule has 0 atom stereocenters. The van der Waals surface area contributed by atoms with Crippen molar-refractivity contribution in [1.29, 1.82) is 0 Å². The highest BCUT2D eigenvalue weighted by Crippen LogP contribution is 2.43. The summed E-state index contributed by atoms with van der Waals surface area (Å²) >= 11 is 0. The third-order valence-corrected chi connectivity index (χ3v) is 9.57. The summed E-state index contributed by atoms with van der Waals surface area (Å²) in [6.07, 6.45) is 0. The average molecular weight is 645 g/mol. The second-order valence-electron chi connectivity index (χ2n) is 12.4. The summed E-state index contributed by atoms with van der Waals surface area (Å²) in [5.41, 5.74) is 6.84. The summed E-state index contributed by atoms with van der Waals surface area (Å²) in [6, 6.07) is 45.5. The lowest BCUT2D eigenvalue weighted by atomic mass is 9.97. The SMILES string of the molecule is [2H]c1c([2H])c([2H])c2c(N(c3ccc(-c4cccc5ccccc45)cc3)c3ccc(-c4cccc5oc6c7ccccc7ccc6c45)cc3)c([2H])c([2H])c([2H])c2c1[2H]. The number of rotatable bonds is 5. The molecule has 0 spiro atoms. The molecule has 0 aliphatic carbocycles. The van der Waals surface area contributed by atoms with Crippen molar-refractivity contribution in [3.05, 3.63) is 188 Å². The second kappa shape index (κ2) is 11.5. The topological polar surface area (TPSA) is 16.4 Å². The summed E-state index contributed by atoms with van der Waals surface area (Å²) in [5, 5.41) is 6.27. The Hall–Kier alpha value is -6.64. The van der Waals surface area contributed by atoms with Gasteiger partial charge in [-0.3, -0.25) is 0 Å². The molecule has 0 saturated carbocycles. The van der Waals surface area contributed by atoms with Gasteiger partial charge >= 0.3 is 0 Å². The van der Waals surface area contributed by atoms with Gasteiger partial charge in [0.2, 0.25) is 0 Å². The first-order valence-electron chi connectivity index (χ1n) is 20.0. The number of hydrogen-bond donors (Lipinski definition) is 0. The predicted octanol–water partition coefficient (Wildman–Crippen LogP) is 13.8. The van der Waals surface area contributed by atoms with Gasteiger partial charge in [0.1, 0.15) is 11.2 Å². The molecule has 1 aromatic heterocycles. The molecule has 10 rings (SSSR count). The minimum atomic E-state index is -0.492. The molecule has 0 saturated heterocycles. The van der Waals surface area contributed by atoms with Gasteiger partial charge in [0.25, 0.3) is 0 Å². The van der Waals surface area contributed by atoms with Crippen molar-refractivity contribution >= 4 is 71.3 Å². The van der Waals surface area contributed by atoms with Crippen molar-refractivity contribution in [3.63, 3.8) is 0 Å².